The second kappa shape index (κ2) is 6.24. The van der Waals surface area contributed by atoms with E-state index in [4.69, 9.17) is 0 Å². The lowest BCUT2D eigenvalue weighted by atomic mass is 9.91. The van der Waals surface area contributed by atoms with E-state index in [-0.39, 0.29) is 23.8 Å². The maximum absolute atomic E-state index is 12.0. The van der Waals surface area contributed by atoms with E-state index in [1.165, 1.54) is 6.92 Å². The Kier molecular flexibility index (Phi) is 4.95. The van der Waals surface area contributed by atoms with Crippen LogP contribution in [-0.2, 0) is 0 Å². The molecule has 0 bridgehead atoms. The van der Waals surface area contributed by atoms with Gasteiger partial charge in [-0.15, -0.1) is 0 Å². The predicted octanol–water partition coefficient (Wildman–Crippen LogP) is 3.46. The predicted molar refractivity (Wildman–Crippen MR) is 70.3 cm³/mol. The average Bonchev–Trinajstić information content (AvgIpc) is 2.37. The highest BCUT2D eigenvalue weighted by Crippen LogP contribution is 2.20. The number of rotatable bonds is 6. The summed E-state index contributed by atoms with van der Waals surface area (Å²) >= 11 is 0. The van der Waals surface area contributed by atoms with Gasteiger partial charge in [0, 0.05) is 29.5 Å². The fraction of sp³-hybridized carbons (Fsp3) is 0.400. The third kappa shape index (κ3) is 2.92. The molecule has 0 atom stereocenters. The lowest BCUT2D eigenvalue weighted by molar-refractivity contribution is 0.0944. The number of ketones is 3. The first-order chi connectivity index (χ1) is 8.52. The molecule has 0 N–H and O–H groups in total. The minimum absolute atomic E-state index is 0.0719. The number of Topliss-reactive ketones (excluding diaryl/α,β-unsaturated/α-hetero) is 3. The van der Waals surface area contributed by atoms with Crippen LogP contribution in [-0.4, -0.2) is 17.3 Å². The normalized spacial score (nSPS) is 10.2. The Bertz CT molecular complexity index is 487. The molecule has 1 rings (SSSR count). The van der Waals surface area contributed by atoms with Gasteiger partial charge < -0.3 is 0 Å². The van der Waals surface area contributed by atoms with E-state index >= 15 is 0 Å². The summed E-state index contributed by atoms with van der Waals surface area (Å²) < 4.78 is 0. The zero-order chi connectivity index (χ0) is 13.7. The van der Waals surface area contributed by atoms with Gasteiger partial charge in [0.2, 0.25) is 0 Å². The molecule has 0 aliphatic rings. The van der Waals surface area contributed by atoms with Crippen molar-refractivity contribution in [1.82, 2.24) is 0 Å². The molecular weight excluding hydrogens is 228 g/mol. The Morgan fingerprint density at radius 1 is 1.00 bits per heavy atom. The van der Waals surface area contributed by atoms with Crippen LogP contribution in [0.3, 0.4) is 0 Å². The maximum atomic E-state index is 12.0. The molecule has 0 aliphatic carbocycles. The molecule has 0 aromatic heterocycles. The van der Waals surface area contributed by atoms with Gasteiger partial charge in [0.25, 0.3) is 0 Å². The summed E-state index contributed by atoms with van der Waals surface area (Å²) in [5, 5.41) is 0. The molecule has 1 aromatic rings. The fourth-order valence-corrected chi connectivity index (χ4v) is 1.92. The summed E-state index contributed by atoms with van der Waals surface area (Å²) in [4.78, 5) is 35.5. The second-order valence-corrected chi connectivity index (χ2v) is 4.23. The highest BCUT2D eigenvalue weighted by molar-refractivity contribution is 6.15. The van der Waals surface area contributed by atoms with Crippen molar-refractivity contribution in [3.8, 4) is 0 Å². The number of hydrogen-bond donors (Lipinski definition) is 0. The zero-order valence-corrected chi connectivity index (χ0v) is 11.1. The molecule has 0 amide bonds. The lowest BCUT2D eigenvalue weighted by Gasteiger charge is -2.10. The fourth-order valence-electron chi connectivity index (χ4n) is 1.92. The van der Waals surface area contributed by atoms with Crippen LogP contribution in [0.1, 0.15) is 71.1 Å². The summed E-state index contributed by atoms with van der Waals surface area (Å²) in [6.45, 7) is 5.05. The van der Waals surface area contributed by atoms with E-state index in [2.05, 4.69) is 0 Å². The number of carbonyl (C=O) groups is 3. The Balaban J connectivity index is 3.42. The van der Waals surface area contributed by atoms with E-state index in [1.807, 2.05) is 6.92 Å². The number of hydrogen-bond acceptors (Lipinski definition) is 3. The van der Waals surface area contributed by atoms with Crippen molar-refractivity contribution in [1.29, 1.82) is 0 Å². The topological polar surface area (TPSA) is 51.2 Å². The van der Waals surface area contributed by atoms with Crippen molar-refractivity contribution in [3.05, 3.63) is 34.9 Å². The Morgan fingerprint density at radius 3 is 2.11 bits per heavy atom. The van der Waals surface area contributed by atoms with E-state index in [0.29, 0.717) is 23.1 Å². The van der Waals surface area contributed by atoms with Crippen molar-refractivity contribution in [2.75, 3.05) is 0 Å². The maximum Gasteiger partial charge on any atom is 0.164 e. The van der Waals surface area contributed by atoms with Crippen molar-refractivity contribution < 1.29 is 14.4 Å². The minimum Gasteiger partial charge on any atom is -0.294 e. The van der Waals surface area contributed by atoms with E-state index < -0.39 is 0 Å². The molecule has 0 saturated carbocycles. The first-order valence-electron chi connectivity index (χ1n) is 6.23. The van der Waals surface area contributed by atoms with Crippen LogP contribution in [0.2, 0.25) is 0 Å². The Labute approximate surface area is 107 Å². The summed E-state index contributed by atoms with van der Waals surface area (Å²) in [6, 6.07) is 4.90. The summed E-state index contributed by atoms with van der Waals surface area (Å²) in [7, 11) is 0. The van der Waals surface area contributed by atoms with Gasteiger partial charge >= 0.3 is 0 Å². The SMILES string of the molecule is CCCC(=O)c1cccc(C(C)=O)c1C(=O)CC. The van der Waals surface area contributed by atoms with Gasteiger partial charge in [-0.25, -0.2) is 0 Å². The molecular formula is C15H18O3. The lowest BCUT2D eigenvalue weighted by Crippen LogP contribution is -2.13. The van der Waals surface area contributed by atoms with Crippen LogP contribution in [0.4, 0.5) is 0 Å². The molecule has 0 heterocycles. The van der Waals surface area contributed by atoms with E-state index in [1.54, 1.807) is 25.1 Å². The van der Waals surface area contributed by atoms with Gasteiger partial charge in [-0.1, -0.05) is 32.0 Å². The largest absolute Gasteiger partial charge is 0.294 e. The number of carbonyl (C=O) groups excluding carboxylic acids is 3. The van der Waals surface area contributed by atoms with E-state index in [0.717, 1.165) is 6.42 Å². The van der Waals surface area contributed by atoms with Crippen molar-refractivity contribution >= 4 is 17.3 Å². The molecule has 0 saturated heterocycles. The quantitative estimate of drug-likeness (QED) is 0.722. The van der Waals surface area contributed by atoms with Crippen LogP contribution in [0, 0.1) is 0 Å². The molecule has 0 fully saturated rings. The zero-order valence-electron chi connectivity index (χ0n) is 11.1. The summed E-state index contributed by atoms with van der Waals surface area (Å²) in [5.41, 5.74) is 1.03. The molecule has 96 valence electrons. The van der Waals surface area contributed by atoms with Crippen molar-refractivity contribution in [3.63, 3.8) is 0 Å². The highest BCUT2D eigenvalue weighted by atomic mass is 16.1. The minimum atomic E-state index is -0.182. The van der Waals surface area contributed by atoms with Gasteiger partial charge in [-0.05, 0) is 13.3 Å². The molecule has 0 unspecified atom stereocenters. The van der Waals surface area contributed by atoms with Crippen LogP contribution >= 0.6 is 0 Å². The molecule has 0 spiro atoms. The summed E-state index contributed by atoms with van der Waals surface area (Å²) in [6.07, 6.45) is 1.41. The van der Waals surface area contributed by atoms with Gasteiger partial charge in [-0.2, -0.15) is 0 Å². The molecule has 18 heavy (non-hydrogen) atoms. The molecule has 1 aromatic carbocycles. The molecule has 3 nitrogen and oxygen atoms in total. The van der Waals surface area contributed by atoms with Crippen molar-refractivity contribution in [2.45, 2.75) is 40.0 Å². The first-order valence-corrected chi connectivity index (χ1v) is 6.23. The average molecular weight is 246 g/mol. The van der Waals surface area contributed by atoms with Crippen LogP contribution in [0.5, 0.6) is 0 Å². The highest BCUT2D eigenvalue weighted by Gasteiger charge is 2.20. The van der Waals surface area contributed by atoms with Gasteiger partial charge in [0.05, 0.1) is 0 Å². The molecule has 0 aliphatic heterocycles. The van der Waals surface area contributed by atoms with Crippen LogP contribution < -0.4 is 0 Å². The standard InChI is InChI=1S/C15H18O3/c1-4-7-14(18)12-9-6-8-11(10(3)16)15(12)13(17)5-2/h6,8-9H,4-5,7H2,1-3H3. The summed E-state index contributed by atoms with van der Waals surface area (Å²) in [5.74, 6) is -0.407. The first kappa shape index (κ1) is 14.3. The number of benzene rings is 1. The van der Waals surface area contributed by atoms with E-state index in [9.17, 15) is 14.4 Å². The van der Waals surface area contributed by atoms with Crippen molar-refractivity contribution in [2.24, 2.45) is 0 Å². The van der Waals surface area contributed by atoms with Crippen LogP contribution in [0.25, 0.3) is 0 Å². The van der Waals surface area contributed by atoms with Gasteiger partial charge in [0.15, 0.2) is 17.3 Å². The van der Waals surface area contributed by atoms with Gasteiger partial charge in [0.1, 0.15) is 0 Å². The second-order valence-electron chi connectivity index (χ2n) is 4.23. The third-order valence-electron chi connectivity index (χ3n) is 2.82. The molecule has 0 radical (unpaired) electrons. The Hall–Kier alpha value is -1.77. The van der Waals surface area contributed by atoms with Crippen LogP contribution in [0.15, 0.2) is 18.2 Å². The monoisotopic (exact) mass is 246 g/mol. The van der Waals surface area contributed by atoms with Gasteiger partial charge in [-0.3, -0.25) is 14.4 Å². The molecule has 3 heteroatoms. The Morgan fingerprint density at radius 2 is 1.61 bits per heavy atom. The smallest absolute Gasteiger partial charge is 0.164 e. The third-order valence-corrected chi connectivity index (χ3v) is 2.82.